The molecule has 8 heteroatoms. The number of halogens is 1. The van der Waals surface area contributed by atoms with Crippen LogP contribution in [0.2, 0.25) is 0 Å². The first-order chi connectivity index (χ1) is 12.6. The third-order valence-corrected chi connectivity index (χ3v) is 4.12. The number of nitrogens with zero attached hydrogens (tertiary/aromatic N) is 3. The summed E-state index contributed by atoms with van der Waals surface area (Å²) in [5.74, 6) is 0.242. The van der Waals surface area contributed by atoms with E-state index in [1.165, 1.54) is 18.3 Å². The van der Waals surface area contributed by atoms with Gasteiger partial charge in [-0.05, 0) is 34.1 Å². The molecule has 0 aliphatic carbocycles. The lowest BCUT2D eigenvalue weighted by Gasteiger charge is -2.06. The van der Waals surface area contributed by atoms with E-state index in [9.17, 15) is 15.2 Å². The van der Waals surface area contributed by atoms with Gasteiger partial charge in [-0.2, -0.15) is 10.4 Å². The molecule has 0 saturated heterocycles. The van der Waals surface area contributed by atoms with Crippen molar-refractivity contribution in [3.05, 3.63) is 74.5 Å². The highest BCUT2D eigenvalue weighted by Crippen LogP contribution is 2.21. The fraction of sp³-hybridized carbons (Fsp3) is 0. The molecule has 128 valence electrons. The summed E-state index contributed by atoms with van der Waals surface area (Å²) in [5.41, 5.74) is 3.68. The Kier molecular flexibility index (Phi) is 5.10. The van der Waals surface area contributed by atoms with Gasteiger partial charge in [-0.3, -0.25) is 9.78 Å². The van der Waals surface area contributed by atoms with Crippen LogP contribution in [0.4, 0.5) is 5.95 Å². The summed E-state index contributed by atoms with van der Waals surface area (Å²) in [6.07, 6.45) is 1.50. The van der Waals surface area contributed by atoms with Gasteiger partial charge < -0.3 is 5.11 Å². The van der Waals surface area contributed by atoms with Crippen molar-refractivity contribution in [1.29, 1.82) is 5.26 Å². The number of aromatic nitrogens is 2. The first-order valence-corrected chi connectivity index (χ1v) is 8.25. The number of aromatic hydroxyl groups is 1. The number of phenols is 1. The monoisotopic (exact) mass is 409 g/mol. The molecule has 1 aromatic heterocycles. The Morgan fingerprint density at radius 3 is 2.73 bits per heavy atom. The number of aromatic amines is 1. The van der Waals surface area contributed by atoms with Crippen molar-refractivity contribution in [2.75, 3.05) is 5.43 Å². The van der Waals surface area contributed by atoms with Crippen LogP contribution in [0.3, 0.4) is 0 Å². The molecule has 0 spiro atoms. The van der Waals surface area contributed by atoms with Crippen LogP contribution in [-0.2, 0) is 0 Å². The standard InChI is InChI=1S/C18H12BrN5O2/c19-15-8-13(25)7-6-12(15)10-21-24-18-22-16(11-4-2-1-3-5-11)14(9-20)17(26)23-18/h1-8,10,25H,(H2,22,23,24,26). The fourth-order valence-corrected chi connectivity index (χ4v) is 2.69. The molecule has 26 heavy (non-hydrogen) atoms. The van der Waals surface area contributed by atoms with Crippen LogP contribution >= 0.6 is 15.9 Å². The van der Waals surface area contributed by atoms with E-state index in [0.29, 0.717) is 10.0 Å². The first kappa shape index (κ1) is 17.4. The number of nitriles is 1. The average Bonchev–Trinajstić information content (AvgIpc) is 2.64. The Bertz CT molecular complexity index is 1070. The Hall–Kier alpha value is -3.44. The third kappa shape index (κ3) is 3.79. The van der Waals surface area contributed by atoms with Crippen molar-refractivity contribution in [3.8, 4) is 23.1 Å². The highest BCUT2D eigenvalue weighted by molar-refractivity contribution is 9.10. The second-order valence-corrected chi connectivity index (χ2v) is 6.05. The van der Waals surface area contributed by atoms with Crippen molar-refractivity contribution in [2.45, 2.75) is 0 Å². The minimum Gasteiger partial charge on any atom is -0.508 e. The maximum Gasteiger partial charge on any atom is 0.270 e. The molecular formula is C18H12BrN5O2. The lowest BCUT2D eigenvalue weighted by Crippen LogP contribution is -2.16. The third-order valence-electron chi connectivity index (χ3n) is 3.44. The van der Waals surface area contributed by atoms with Crippen LogP contribution in [0.15, 0.2) is 62.9 Å². The van der Waals surface area contributed by atoms with E-state index in [2.05, 4.69) is 36.4 Å². The quantitative estimate of drug-likeness (QED) is 0.452. The zero-order chi connectivity index (χ0) is 18.5. The van der Waals surface area contributed by atoms with E-state index < -0.39 is 5.56 Å². The van der Waals surface area contributed by atoms with Crippen molar-refractivity contribution in [1.82, 2.24) is 9.97 Å². The minimum absolute atomic E-state index is 0.0630. The predicted molar refractivity (Wildman–Crippen MR) is 102 cm³/mol. The Labute approximate surface area is 156 Å². The fourth-order valence-electron chi connectivity index (χ4n) is 2.22. The normalized spacial score (nSPS) is 10.6. The highest BCUT2D eigenvalue weighted by Gasteiger charge is 2.12. The summed E-state index contributed by atoms with van der Waals surface area (Å²) >= 11 is 3.32. The van der Waals surface area contributed by atoms with Crippen molar-refractivity contribution < 1.29 is 5.11 Å². The van der Waals surface area contributed by atoms with Gasteiger partial charge in [0.15, 0.2) is 0 Å². The molecule has 0 aliphatic heterocycles. The van der Waals surface area contributed by atoms with Crippen LogP contribution in [0.25, 0.3) is 11.3 Å². The molecule has 0 amide bonds. The molecule has 0 aliphatic rings. The Balaban J connectivity index is 1.92. The van der Waals surface area contributed by atoms with Crippen molar-refractivity contribution >= 4 is 28.1 Å². The minimum atomic E-state index is -0.551. The zero-order valence-corrected chi connectivity index (χ0v) is 14.9. The molecule has 0 radical (unpaired) electrons. The molecule has 0 unspecified atom stereocenters. The Morgan fingerprint density at radius 2 is 2.04 bits per heavy atom. The molecule has 3 N–H and O–H groups in total. The highest BCUT2D eigenvalue weighted by atomic mass is 79.9. The van der Waals surface area contributed by atoms with E-state index in [-0.39, 0.29) is 23.0 Å². The van der Waals surface area contributed by atoms with Gasteiger partial charge in [0.1, 0.15) is 17.4 Å². The molecule has 0 atom stereocenters. The van der Waals surface area contributed by atoms with Crippen LogP contribution < -0.4 is 11.0 Å². The van der Waals surface area contributed by atoms with Crippen molar-refractivity contribution in [3.63, 3.8) is 0 Å². The van der Waals surface area contributed by atoms with E-state index >= 15 is 0 Å². The van der Waals surface area contributed by atoms with Gasteiger partial charge in [-0.15, -0.1) is 0 Å². The summed E-state index contributed by atoms with van der Waals surface area (Å²) < 4.78 is 0.661. The topological polar surface area (TPSA) is 114 Å². The number of benzene rings is 2. The smallest absolute Gasteiger partial charge is 0.270 e. The van der Waals surface area contributed by atoms with Crippen molar-refractivity contribution in [2.24, 2.45) is 5.10 Å². The SMILES string of the molecule is N#Cc1c(-c2ccccc2)nc(NN=Cc2ccc(O)cc2Br)[nH]c1=O. The van der Waals surface area contributed by atoms with Gasteiger partial charge in [0, 0.05) is 15.6 Å². The molecule has 3 aromatic rings. The molecular weight excluding hydrogens is 398 g/mol. The number of H-pyrrole nitrogens is 1. The molecule has 0 fully saturated rings. The van der Waals surface area contributed by atoms with Crippen LogP contribution in [0.1, 0.15) is 11.1 Å². The first-order valence-electron chi connectivity index (χ1n) is 7.46. The predicted octanol–water partition coefficient (Wildman–Crippen LogP) is 3.22. The molecule has 7 nitrogen and oxygen atoms in total. The van der Waals surface area contributed by atoms with Crippen LogP contribution in [0.5, 0.6) is 5.75 Å². The number of rotatable bonds is 4. The lowest BCUT2D eigenvalue weighted by molar-refractivity contribution is 0.475. The number of hydrazone groups is 1. The largest absolute Gasteiger partial charge is 0.508 e. The maximum atomic E-state index is 12.1. The summed E-state index contributed by atoms with van der Waals surface area (Å²) in [6, 6.07) is 15.6. The summed E-state index contributed by atoms with van der Waals surface area (Å²) in [7, 11) is 0. The second-order valence-electron chi connectivity index (χ2n) is 5.19. The number of nitrogens with one attached hydrogen (secondary N) is 2. The maximum absolute atomic E-state index is 12.1. The molecule has 1 heterocycles. The molecule has 2 aromatic carbocycles. The zero-order valence-electron chi connectivity index (χ0n) is 13.3. The van der Waals surface area contributed by atoms with Gasteiger partial charge in [-0.1, -0.05) is 30.3 Å². The van der Waals surface area contributed by atoms with Gasteiger partial charge in [0.2, 0.25) is 5.95 Å². The summed E-state index contributed by atoms with van der Waals surface area (Å²) in [6.45, 7) is 0. The summed E-state index contributed by atoms with van der Waals surface area (Å²) in [5, 5.41) is 22.7. The van der Waals surface area contributed by atoms with Crippen LogP contribution in [0, 0.1) is 11.3 Å². The van der Waals surface area contributed by atoms with E-state index in [1.54, 1.807) is 30.3 Å². The van der Waals surface area contributed by atoms with Crippen LogP contribution in [-0.4, -0.2) is 21.3 Å². The van der Waals surface area contributed by atoms with Gasteiger partial charge in [0.25, 0.3) is 5.56 Å². The van der Waals surface area contributed by atoms with E-state index in [1.807, 2.05) is 12.1 Å². The van der Waals surface area contributed by atoms with Gasteiger partial charge >= 0.3 is 0 Å². The number of phenolic OH excluding ortho intramolecular Hbond substituents is 1. The number of anilines is 1. The van der Waals surface area contributed by atoms with E-state index in [4.69, 9.17) is 0 Å². The second kappa shape index (κ2) is 7.63. The average molecular weight is 410 g/mol. The molecule has 0 saturated carbocycles. The summed E-state index contributed by atoms with van der Waals surface area (Å²) in [4.78, 5) is 18.9. The van der Waals surface area contributed by atoms with E-state index in [0.717, 1.165) is 5.56 Å². The van der Waals surface area contributed by atoms with Gasteiger partial charge in [0.05, 0.1) is 11.9 Å². The number of hydrogen-bond acceptors (Lipinski definition) is 6. The number of hydrogen-bond donors (Lipinski definition) is 3. The Morgan fingerprint density at radius 1 is 1.27 bits per heavy atom. The van der Waals surface area contributed by atoms with Gasteiger partial charge in [-0.25, -0.2) is 10.4 Å². The molecule has 0 bridgehead atoms. The lowest BCUT2D eigenvalue weighted by atomic mass is 10.1. The molecule has 3 rings (SSSR count).